The average molecular weight is 448 g/mol. The highest BCUT2D eigenvalue weighted by atomic mass is 19.1. The number of nitrogens with zero attached hydrogens (tertiary/aromatic N) is 5. The predicted octanol–water partition coefficient (Wildman–Crippen LogP) is 4.14. The van der Waals surface area contributed by atoms with Crippen molar-refractivity contribution in [2.24, 2.45) is 5.92 Å². The van der Waals surface area contributed by atoms with Crippen molar-refractivity contribution >= 4 is 5.82 Å². The Labute approximate surface area is 192 Å². The Balaban J connectivity index is 1.35. The van der Waals surface area contributed by atoms with E-state index in [9.17, 15) is 4.39 Å². The molecule has 2 aliphatic heterocycles. The van der Waals surface area contributed by atoms with E-state index in [2.05, 4.69) is 19.9 Å². The monoisotopic (exact) mass is 447 g/mol. The SMILES string of the molecule is COCCCOc1cc(F)nc(N2[C@@H]3CCC4CC42Cc2nc(-c4ccccn4)ncc23)c1. The van der Waals surface area contributed by atoms with Crippen LogP contribution in [0.1, 0.15) is 43.0 Å². The largest absolute Gasteiger partial charge is 0.493 e. The number of halogens is 1. The van der Waals surface area contributed by atoms with Gasteiger partial charge in [-0.1, -0.05) is 6.07 Å². The molecule has 2 bridgehead atoms. The maximum absolute atomic E-state index is 14.5. The van der Waals surface area contributed by atoms with Crippen LogP contribution in [0.3, 0.4) is 0 Å². The van der Waals surface area contributed by atoms with Gasteiger partial charge in [0.2, 0.25) is 5.95 Å². The van der Waals surface area contributed by atoms with Crippen molar-refractivity contribution in [3.8, 4) is 17.3 Å². The van der Waals surface area contributed by atoms with Crippen molar-refractivity contribution in [2.45, 2.75) is 43.7 Å². The van der Waals surface area contributed by atoms with Crippen LogP contribution in [0.25, 0.3) is 11.5 Å². The minimum atomic E-state index is -0.520. The number of hydrogen-bond acceptors (Lipinski definition) is 7. The Kier molecular flexibility index (Phi) is 4.98. The van der Waals surface area contributed by atoms with E-state index in [1.54, 1.807) is 13.3 Å². The average Bonchev–Trinajstić information content (AvgIpc) is 3.53. The second kappa shape index (κ2) is 8.02. The molecule has 0 aromatic carbocycles. The number of hydrogen-bond donors (Lipinski definition) is 0. The van der Waals surface area contributed by atoms with Gasteiger partial charge in [-0.05, 0) is 37.3 Å². The molecule has 33 heavy (non-hydrogen) atoms. The van der Waals surface area contributed by atoms with E-state index in [1.165, 1.54) is 6.07 Å². The minimum Gasteiger partial charge on any atom is -0.493 e. The molecule has 1 saturated carbocycles. The fourth-order valence-corrected chi connectivity index (χ4v) is 5.63. The second-order valence-electron chi connectivity index (χ2n) is 9.13. The third-order valence-corrected chi connectivity index (χ3v) is 7.17. The van der Waals surface area contributed by atoms with Crippen LogP contribution in [-0.2, 0) is 11.2 Å². The quantitative estimate of drug-likeness (QED) is 0.398. The maximum atomic E-state index is 14.5. The first-order chi connectivity index (χ1) is 16.2. The van der Waals surface area contributed by atoms with E-state index in [0.717, 1.165) is 49.1 Å². The van der Waals surface area contributed by atoms with Gasteiger partial charge in [-0.3, -0.25) is 4.98 Å². The lowest BCUT2D eigenvalue weighted by molar-refractivity contribution is 0.172. The number of aromatic nitrogens is 4. The third-order valence-electron chi connectivity index (χ3n) is 7.17. The predicted molar refractivity (Wildman–Crippen MR) is 120 cm³/mol. The Hall–Kier alpha value is -3.13. The highest BCUT2D eigenvalue weighted by Crippen LogP contribution is 2.64. The van der Waals surface area contributed by atoms with Crippen LogP contribution in [-0.4, -0.2) is 45.8 Å². The van der Waals surface area contributed by atoms with Gasteiger partial charge in [0.1, 0.15) is 17.3 Å². The van der Waals surface area contributed by atoms with Gasteiger partial charge >= 0.3 is 0 Å². The van der Waals surface area contributed by atoms with Crippen molar-refractivity contribution in [1.29, 1.82) is 0 Å². The molecule has 6 rings (SSSR count). The standard InChI is InChI=1S/C25H26FN5O2/c1-32-9-4-10-33-17-11-22(26)30-23(12-17)31-21-7-6-16-13-25(16,31)14-20-18(21)15-28-24(29-20)19-5-2-3-8-27-19/h2-3,5,8,11-12,15-16,21H,4,6-7,9-10,13-14H2,1H3/t16?,21-,25?/m1/s1. The van der Waals surface area contributed by atoms with Crippen molar-refractivity contribution in [3.05, 3.63) is 59.9 Å². The Morgan fingerprint density at radius 2 is 2.09 bits per heavy atom. The summed E-state index contributed by atoms with van der Waals surface area (Å²) in [6.07, 6.45) is 8.47. The van der Waals surface area contributed by atoms with Gasteiger partial charge in [0.25, 0.3) is 0 Å². The van der Waals surface area contributed by atoms with Crippen LogP contribution >= 0.6 is 0 Å². The van der Waals surface area contributed by atoms with Crippen LogP contribution in [0.5, 0.6) is 5.75 Å². The number of fused-ring (bicyclic) bond motifs is 3. The summed E-state index contributed by atoms with van der Waals surface area (Å²) in [7, 11) is 1.66. The first-order valence-corrected chi connectivity index (χ1v) is 11.5. The van der Waals surface area contributed by atoms with Crippen LogP contribution in [0.4, 0.5) is 10.2 Å². The van der Waals surface area contributed by atoms with Gasteiger partial charge in [0, 0.05) is 56.6 Å². The smallest absolute Gasteiger partial charge is 0.218 e. The summed E-state index contributed by atoms with van der Waals surface area (Å²) in [6.45, 7) is 1.08. The molecule has 3 aliphatic rings. The van der Waals surface area contributed by atoms with E-state index in [0.29, 0.717) is 36.5 Å². The van der Waals surface area contributed by atoms with Crippen molar-refractivity contribution in [3.63, 3.8) is 0 Å². The van der Waals surface area contributed by atoms with E-state index in [4.69, 9.17) is 14.5 Å². The zero-order chi connectivity index (χ0) is 22.4. The molecule has 3 aromatic heterocycles. The Morgan fingerprint density at radius 1 is 1.15 bits per heavy atom. The van der Waals surface area contributed by atoms with Gasteiger partial charge < -0.3 is 14.4 Å². The molecule has 3 atom stereocenters. The first kappa shape index (κ1) is 20.5. The number of ether oxygens (including phenoxy) is 2. The van der Waals surface area contributed by atoms with Gasteiger partial charge in [0.15, 0.2) is 5.82 Å². The molecule has 0 amide bonds. The van der Waals surface area contributed by atoms with Crippen molar-refractivity contribution in [1.82, 2.24) is 19.9 Å². The highest BCUT2D eigenvalue weighted by molar-refractivity contribution is 5.58. The Bertz CT molecular complexity index is 1180. The molecule has 3 aromatic rings. The number of pyridine rings is 2. The summed E-state index contributed by atoms with van der Waals surface area (Å²) < 4.78 is 25.4. The van der Waals surface area contributed by atoms with Crippen LogP contribution in [0.15, 0.2) is 42.7 Å². The lowest BCUT2D eigenvalue weighted by Crippen LogP contribution is -2.50. The molecular formula is C25H26FN5O2. The zero-order valence-electron chi connectivity index (χ0n) is 18.6. The molecule has 5 heterocycles. The summed E-state index contributed by atoms with van der Waals surface area (Å²) in [5, 5.41) is 0. The lowest BCUT2D eigenvalue weighted by atomic mass is 9.82. The van der Waals surface area contributed by atoms with E-state index in [1.807, 2.05) is 30.5 Å². The van der Waals surface area contributed by atoms with Crippen molar-refractivity contribution < 1.29 is 13.9 Å². The van der Waals surface area contributed by atoms with Crippen molar-refractivity contribution in [2.75, 3.05) is 25.2 Å². The molecule has 7 nitrogen and oxygen atoms in total. The lowest BCUT2D eigenvalue weighted by Gasteiger charge is -2.48. The summed E-state index contributed by atoms with van der Waals surface area (Å²) in [6, 6.07) is 9.08. The molecule has 1 saturated heterocycles. The Morgan fingerprint density at radius 3 is 2.94 bits per heavy atom. The number of methoxy groups -OCH3 is 1. The van der Waals surface area contributed by atoms with Crippen LogP contribution < -0.4 is 9.64 Å². The van der Waals surface area contributed by atoms with Crippen LogP contribution in [0.2, 0.25) is 0 Å². The molecular weight excluding hydrogens is 421 g/mol. The summed E-state index contributed by atoms with van der Waals surface area (Å²) in [4.78, 5) is 20.6. The minimum absolute atomic E-state index is 0.0558. The molecule has 2 unspecified atom stereocenters. The molecule has 2 fully saturated rings. The van der Waals surface area contributed by atoms with Crippen LogP contribution in [0, 0.1) is 11.9 Å². The molecule has 0 N–H and O–H groups in total. The van der Waals surface area contributed by atoms with E-state index < -0.39 is 5.95 Å². The maximum Gasteiger partial charge on any atom is 0.218 e. The summed E-state index contributed by atoms with van der Waals surface area (Å²) >= 11 is 0. The normalized spacial score (nSPS) is 24.7. The second-order valence-corrected chi connectivity index (χ2v) is 9.13. The van der Waals surface area contributed by atoms with E-state index in [-0.39, 0.29) is 11.6 Å². The molecule has 0 radical (unpaired) electrons. The fraction of sp³-hybridized carbons (Fsp3) is 0.440. The van der Waals surface area contributed by atoms with E-state index >= 15 is 0 Å². The van der Waals surface area contributed by atoms with Gasteiger partial charge in [-0.15, -0.1) is 0 Å². The number of piperidine rings is 1. The molecule has 1 spiro atoms. The molecule has 1 aliphatic carbocycles. The van der Waals surface area contributed by atoms with Gasteiger partial charge in [-0.25, -0.2) is 15.0 Å². The molecule has 170 valence electrons. The summed E-state index contributed by atoms with van der Waals surface area (Å²) in [5.74, 6) is 1.86. The van der Waals surface area contributed by atoms with Gasteiger partial charge in [-0.2, -0.15) is 4.39 Å². The molecule has 8 heteroatoms. The zero-order valence-corrected chi connectivity index (χ0v) is 18.6. The first-order valence-electron chi connectivity index (χ1n) is 11.5. The summed E-state index contributed by atoms with van der Waals surface area (Å²) in [5.41, 5.74) is 2.92. The fourth-order valence-electron chi connectivity index (χ4n) is 5.63. The highest BCUT2D eigenvalue weighted by Gasteiger charge is 2.65. The topological polar surface area (TPSA) is 73.3 Å². The number of rotatable bonds is 7. The number of anilines is 1. The van der Waals surface area contributed by atoms with Gasteiger partial charge in [0.05, 0.1) is 23.9 Å². The third kappa shape index (κ3) is 3.53.